The van der Waals surface area contributed by atoms with Crippen LogP contribution in [0, 0.1) is 5.82 Å². The smallest absolute Gasteiger partial charge is 0.410 e. The van der Waals surface area contributed by atoms with Crippen LogP contribution in [0.5, 0.6) is 0 Å². The molecule has 1 aliphatic rings. The summed E-state index contributed by atoms with van der Waals surface area (Å²) in [7, 11) is 0. The fourth-order valence-electron chi connectivity index (χ4n) is 3.38. The highest BCUT2D eigenvalue weighted by Crippen LogP contribution is 2.19. The highest BCUT2D eigenvalue weighted by atomic mass is 19.1. The summed E-state index contributed by atoms with van der Waals surface area (Å²) in [6.45, 7) is 3.06. The van der Waals surface area contributed by atoms with E-state index in [4.69, 9.17) is 9.47 Å². The number of benzene rings is 2. The van der Waals surface area contributed by atoms with Gasteiger partial charge in [0.05, 0.1) is 31.9 Å². The first-order valence-corrected chi connectivity index (χ1v) is 9.77. The first-order chi connectivity index (χ1) is 14.1. The molecule has 0 aromatic heterocycles. The molecule has 1 saturated heterocycles. The highest BCUT2D eigenvalue weighted by Gasteiger charge is 2.30. The molecule has 0 bridgehead atoms. The van der Waals surface area contributed by atoms with Gasteiger partial charge in [-0.2, -0.15) is 0 Å². The number of aliphatic hydroxyl groups excluding tert-OH is 1. The quantitative estimate of drug-likeness (QED) is 0.745. The van der Waals surface area contributed by atoms with E-state index in [2.05, 4.69) is 5.32 Å². The van der Waals surface area contributed by atoms with Crippen LogP contribution in [-0.2, 0) is 16.1 Å². The average molecular weight is 402 g/mol. The number of morpholine rings is 1. The molecule has 6 nitrogen and oxygen atoms in total. The molecular weight excluding hydrogens is 375 g/mol. The lowest BCUT2D eigenvalue weighted by molar-refractivity contribution is -0.0442. The first kappa shape index (κ1) is 21.2. The zero-order valence-corrected chi connectivity index (χ0v) is 16.5. The predicted molar refractivity (Wildman–Crippen MR) is 107 cm³/mol. The summed E-state index contributed by atoms with van der Waals surface area (Å²) >= 11 is 0. The second-order valence-corrected chi connectivity index (χ2v) is 7.11. The van der Waals surface area contributed by atoms with Crippen LogP contribution in [-0.4, -0.2) is 54.5 Å². The standard InChI is InChI=1S/C22H27FN2O4/c1-16(24-20(14-26)18-9-5-6-10-19(18)23)21-13-25(11-12-28-21)22(27)29-15-17-7-3-2-4-8-17/h2-10,16,20-21,24,26H,11-15H2,1H3/t16-,20-,21-/m0/s1. The van der Waals surface area contributed by atoms with Crippen molar-refractivity contribution in [1.29, 1.82) is 0 Å². The van der Waals surface area contributed by atoms with Crippen molar-refractivity contribution in [3.05, 3.63) is 71.5 Å². The molecule has 1 aliphatic heterocycles. The van der Waals surface area contributed by atoms with E-state index in [0.717, 1.165) is 5.56 Å². The Hall–Kier alpha value is -2.48. The number of hydrogen-bond acceptors (Lipinski definition) is 5. The summed E-state index contributed by atoms with van der Waals surface area (Å²) in [5.74, 6) is -0.373. The topological polar surface area (TPSA) is 71.0 Å². The Balaban J connectivity index is 1.55. The van der Waals surface area contributed by atoms with Crippen molar-refractivity contribution >= 4 is 6.09 Å². The monoisotopic (exact) mass is 402 g/mol. The van der Waals surface area contributed by atoms with Gasteiger partial charge in [-0.05, 0) is 18.6 Å². The number of nitrogens with one attached hydrogen (secondary N) is 1. The number of halogens is 1. The molecule has 1 amide bonds. The molecule has 0 aliphatic carbocycles. The Labute approximate surface area is 170 Å². The van der Waals surface area contributed by atoms with Gasteiger partial charge in [-0.25, -0.2) is 9.18 Å². The number of hydrogen-bond donors (Lipinski definition) is 2. The summed E-state index contributed by atoms with van der Waals surface area (Å²) in [6, 6.07) is 15.1. The fourth-order valence-corrected chi connectivity index (χ4v) is 3.38. The van der Waals surface area contributed by atoms with E-state index in [-0.39, 0.29) is 37.3 Å². The Kier molecular flexibility index (Phi) is 7.57. The largest absolute Gasteiger partial charge is 0.445 e. The number of carbonyl (C=O) groups excluding carboxylic acids is 1. The van der Waals surface area contributed by atoms with Crippen molar-refractivity contribution in [2.45, 2.75) is 31.7 Å². The molecular formula is C22H27FN2O4. The molecule has 2 aromatic rings. The Morgan fingerprint density at radius 3 is 2.72 bits per heavy atom. The first-order valence-electron chi connectivity index (χ1n) is 9.77. The van der Waals surface area contributed by atoms with Gasteiger partial charge in [0.1, 0.15) is 12.4 Å². The number of amides is 1. The van der Waals surface area contributed by atoms with Crippen molar-refractivity contribution in [1.82, 2.24) is 10.2 Å². The van der Waals surface area contributed by atoms with Crippen LogP contribution in [0.15, 0.2) is 54.6 Å². The molecule has 0 spiro atoms. The molecule has 0 saturated carbocycles. The van der Waals surface area contributed by atoms with E-state index in [1.54, 1.807) is 23.1 Å². The van der Waals surface area contributed by atoms with E-state index in [9.17, 15) is 14.3 Å². The van der Waals surface area contributed by atoms with Crippen LogP contribution in [0.1, 0.15) is 24.1 Å². The van der Waals surface area contributed by atoms with Crippen LogP contribution in [0.2, 0.25) is 0 Å². The third-order valence-electron chi connectivity index (χ3n) is 5.04. The molecule has 1 heterocycles. The number of ether oxygens (including phenoxy) is 2. The molecule has 1 fully saturated rings. The van der Waals surface area contributed by atoms with Crippen molar-refractivity contribution in [2.24, 2.45) is 0 Å². The fraction of sp³-hybridized carbons (Fsp3) is 0.409. The van der Waals surface area contributed by atoms with Gasteiger partial charge >= 0.3 is 6.09 Å². The number of rotatable bonds is 7. The zero-order valence-electron chi connectivity index (χ0n) is 16.5. The molecule has 2 aromatic carbocycles. The van der Waals surface area contributed by atoms with Crippen LogP contribution in [0.3, 0.4) is 0 Å². The number of aliphatic hydroxyl groups is 1. The van der Waals surface area contributed by atoms with E-state index >= 15 is 0 Å². The molecule has 3 atom stereocenters. The molecule has 29 heavy (non-hydrogen) atoms. The van der Waals surface area contributed by atoms with Crippen LogP contribution >= 0.6 is 0 Å². The minimum absolute atomic E-state index is 0.212. The van der Waals surface area contributed by atoms with Gasteiger partial charge in [0, 0.05) is 18.2 Å². The van der Waals surface area contributed by atoms with Crippen molar-refractivity contribution in [3.8, 4) is 0 Å². The summed E-state index contributed by atoms with van der Waals surface area (Å²) in [5, 5.41) is 12.9. The lowest BCUT2D eigenvalue weighted by atomic mass is 10.0. The highest BCUT2D eigenvalue weighted by molar-refractivity contribution is 5.67. The summed E-state index contributed by atoms with van der Waals surface area (Å²) in [5.41, 5.74) is 1.33. The van der Waals surface area contributed by atoms with E-state index < -0.39 is 6.04 Å². The molecule has 2 N–H and O–H groups in total. The third kappa shape index (κ3) is 5.76. The minimum atomic E-state index is -0.560. The van der Waals surface area contributed by atoms with Crippen molar-refractivity contribution < 1.29 is 23.8 Å². The maximum absolute atomic E-state index is 14.1. The Bertz CT molecular complexity index is 789. The predicted octanol–water partition coefficient (Wildman–Crippen LogP) is 2.87. The maximum atomic E-state index is 14.1. The SMILES string of the molecule is C[C@H](N[C@@H](CO)c1ccccc1F)[C@@H]1CN(C(=O)OCc2ccccc2)CCO1. The third-order valence-corrected chi connectivity index (χ3v) is 5.04. The van der Waals surface area contributed by atoms with Crippen LogP contribution in [0.4, 0.5) is 9.18 Å². The summed E-state index contributed by atoms with van der Waals surface area (Å²) in [4.78, 5) is 14.0. The van der Waals surface area contributed by atoms with Gasteiger partial charge in [-0.15, -0.1) is 0 Å². The zero-order chi connectivity index (χ0) is 20.6. The van der Waals surface area contributed by atoms with Gasteiger partial charge in [0.15, 0.2) is 0 Å². The molecule has 156 valence electrons. The molecule has 0 unspecified atom stereocenters. The van der Waals surface area contributed by atoms with Crippen LogP contribution in [0.25, 0.3) is 0 Å². The van der Waals surface area contributed by atoms with E-state index in [1.165, 1.54) is 6.07 Å². The van der Waals surface area contributed by atoms with Gasteiger partial charge in [-0.1, -0.05) is 48.5 Å². The van der Waals surface area contributed by atoms with Crippen LogP contribution < -0.4 is 5.32 Å². The van der Waals surface area contributed by atoms with E-state index in [0.29, 0.717) is 25.3 Å². The van der Waals surface area contributed by atoms with Gasteiger partial charge in [0.2, 0.25) is 0 Å². The van der Waals surface area contributed by atoms with E-state index in [1.807, 2.05) is 37.3 Å². The second kappa shape index (κ2) is 10.3. The minimum Gasteiger partial charge on any atom is -0.445 e. The van der Waals surface area contributed by atoms with Gasteiger partial charge in [0.25, 0.3) is 0 Å². The molecule has 3 rings (SSSR count). The number of carbonyl (C=O) groups is 1. The van der Waals surface area contributed by atoms with Crippen molar-refractivity contribution in [3.63, 3.8) is 0 Å². The second-order valence-electron chi connectivity index (χ2n) is 7.11. The summed E-state index contributed by atoms with van der Waals surface area (Å²) < 4.78 is 25.3. The Morgan fingerprint density at radius 1 is 1.28 bits per heavy atom. The molecule has 0 radical (unpaired) electrons. The summed E-state index contributed by atoms with van der Waals surface area (Å²) in [6.07, 6.45) is -0.684. The lowest BCUT2D eigenvalue weighted by Crippen LogP contribution is -2.53. The van der Waals surface area contributed by atoms with Gasteiger partial charge < -0.3 is 24.8 Å². The normalized spacial score (nSPS) is 18.9. The van der Waals surface area contributed by atoms with Crippen molar-refractivity contribution in [2.75, 3.05) is 26.3 Å². The Morgan fingerprint density at radius 2 is 2.00 bits per heavy atom. The molecule has 7 heteroatoms. The maximum Gasteiger partial charge on any atom is 0.410 e. The lowest BCUT2D eigenvalue weighted by Gasteiger charge is -2.36. The average Bonchev–Trinajstić information content (AvgIpc) is 2.77. The van der Waals surface area contributed by atoms with Gasteiger partial charge in [-0.3, -0.25) is 0 Å². The number of nitrogens with zero attached hydrogens (tertiary/aromatic N) is 1.